The van der Waals surface area contributed by atoms with Crippen LogP contribution in [0.3, 0.4) is 0 Å². The van der Waals surface area contributed by atoms with Crippen LogP contribution in [0.5, 0.6) is 0 Å². The second kappa shape index (κ2) is 6.76. The first kappa shape index (κ1) is 14.9. The van der Waals surface area contributed by atoms with Gasteiger partial charge in [0.15, 0.2) is 0 Å². The van der Waals surface area contributed by atoms with Crippen LogP contribution in [0, 0.1) is 15.9 Å². The molecule has 2 unspecified atom stereocenters. The molecule has 2 rings (SSSR count). The van der Waals surface area contributed by atoms with E-state index in [9.17, 15) is 14.5 Å². The molecule has 0 aromatic heterocycles. The summed E-state index contributed by atoms with van der Waals surface area (Å²) >= 11 is 0. The maximum absolute atomic E-state index is 13.5. The van der Waals surface area contributed by atoms with Crippen LogP contribution >= 0.6 is 0 Å². The molecule has 20 heavy (non-hydrogen) atoms. The lowest BCUT2D eigenvalue weighted by molar-refractivity contribution is -0.387. The van der Waals surface area contributed by atoms with Crippen LogP contribution in [0.25, 0.3) is 0 Å². The summed E-state index contributed by atoms with van der Waals surface area (Å²) in [5.41, 5.74) is 6.12. The molecule has 0 bridgehead atoms. The molecule has 0 spiro atoms. The Kier molecular flexibility index (Phi) is 5.03. The predicted molar refractivity (Wildman–Crippen MR) is 72.7 cm³/mol. The summed E-state index contributed by atoms with van der Waals surface area (Å²) in [6.07, 6.45) is 5.21. The van der Waals surface area contributed by atoms with E-state index in [0.29, 0.717) is 5.56 Å². The quantitative estimate of drug-likeness (QED) is 0.523. The number of halogens is 1. The molecule has 1 aromatic carbocycles. The van der Waals surface area contributed by atoms with Crippen molar-refractivity contribution in [3.05, 3.63) is 39.7 Å². The molecule has 0 heterocycles. The van der Waals surface area contributed by atoms with Crippen molar-refractivity contribution in [2.24, 2.45) is 5.73 Å². The summed E-state index contributed by atoms with van der Waals surface area (Å²) in [5.74, 6) is -0.832. The van der Waals surface area contributed by atoms with Crippen LogP contribution < -0.4 is 5.73 Å². The number of hydrogen-bond donors (Lipinski definition) is 1. The summed E-state index contributed by atoms with van der Waals surface area (Å²) in [6, 6.07) is 3.85. The Morgan fingerprint density at radius 1 is 1.35 bits per heavy atom. The Morgan fingerprint density at radius 2 is 2.10 bits per heavy atom. The van der Waals surface area contributed by atoms with Crippen molar-refractivity contribution in [1.29, 1.82) is 0 Å². The maximum atomic E-state index is 13.5. The van der Waals surface area contributed by atoms with Crippen molar-refractivity contribution in [3.8, 4) is 0 Å². The van der Waals surface area contributed by atoms with Crippen molar-refractivity contribution in [2.75, 3.05) is 0 Å². The molecule has 1 fully saturated rings. The van der Waals surface area contributed by atoms with E-state index in [-0.39, 0.29) is 18.8 Å². The first-order valence-electron chi connectivity index (χ1n) is 6.88. The zero-order chi connectivity index (χ0) is 14.5. The first-order chi connectivity index (χ1) is 9.58. The van der Waals surface area contributed by atoms with Crippen LogP contribution in [0.1, 0.15) is 37.7 Å². The molecule has 1 saturated carbocycles. The van der Waals surface area contributed by atoms with Gasteiger partial charge < -0.3 is 10.5 Å². The lowest BCUT2D eigenvalue weighted by atomic mass is 10.1. The van der Waals surface area contributed by atoms with Gasteiger partial charge in [-0.3, -0.25) is 10.1 Å². The highest BCUT2D eigenvalue weighted by Gasteiger charge is 2.21. The molecule has 0 aliphatic heterocycles. The van der Waals surface area contributed by atoms with Crippen LogP contribution in [0.15, 0.2) is 18.2 Å². The minimum Gasteiger partial charge on any atom is -0.372 e. The molecule has 0 saturated heterocycles. The average Bonchev–Trinajstić information content (AvgIpc) is 2.61. The van der Waals surface area contributed by atoms with Crippen LogP contribution in [0.2, 0.25) is 0 Å². The summed E-state index contributed by atoms with van der Waals surface area (Å²) in [5, 5.41) is 10.5. The van der Waals surface area contributed by atoms with E-state index in [2.05, 4.69) is 0 Å². The Morgan fingerprint density at radius 3 is 2.80 bits per heavy atom. The molecule has 1 aliphatic carbocycles. The first-order valence-corrected chi connectivity index (χ1v) is 6.88. The van der Waals surface area contributed by atoms with Crippen molar-refractivity contribution in [2.45, 2.75) is 50.9 Å². The number of nitro groups is 1. The van der Waals surface area contributed by atoms with E-state index in [1.165, 1.54) is 18.6 Å². The van der Waals surface area contributed by atoms with Gasteiger partial charge in [0.05, 0.1) is 17.6 Å². The van der Waals surface area contributed by atoms with Gasteiger partial charge in [-0.05, 0) is 30.5 Å². The fraction of sp³-hybridized carbons (Fsp3) is 0.571. The second-order valence-corrected chi connectivity index (χ2v) is 5.19. The highest BCUT2D eigenvalue weighted by molar-refractivity contribution is 5.34. The molecule has 0 amide bonds. The normalized spacial score (nSPS) is 23.3. The van der Waals surface area contributed by atoms with Crippen molar-refractivity contribution < 1.29 is 14.1 Å². The van der Waals surface area contributed by atoms with Gasteiger partial charge in [-0.1, -0.05) is 19.3 Å². The number of benzene rings is 1. The van der Waals surface area contributed by atoms with Gasteiger partial charge in [-0.2, -0.15) is 4.39 Å². The third kappa shape index (κ3) is 3.74. The topological polar surface area (TPSA) is 78.4 Å². The molecular formula is C14H19FN2O3. The van der Waals surface area contributed by atoms with Gasteiger partial charge in [0, 0.05) is 12.1 Å². The number of nitrogens with zero attached hydrogens (tertiary/aromatic N) is 1. The van der Waals surface area contributed by atoms with Gasteiger partial charge in [-0.25, -0.2) is 0 Å². The average molecular weight is 282 g/mol. The van der Waals surface area contributed by atoms with Gasteiger partial charge in [0.25, 0.3) is 0 Å². The monoisotopic (exact) mass is 282 g/mol. The summed E-state index contributed by atoms with van der Waals surface area (Å²) in [6.45, 7) is 0.229. The van der Waals surface area contributed by atoms with Crippen LogP contribution in [-0.4, -0.2) is 17.1 Å². The second-order valence-electron chi connectivity index (χ2n) is 5.19. The van der Waals surface area contributed by atoms with Gasteiger partial charge >= 0.3 is 5.69 Å². The third-order valence-corrected chi connectivity index (χ3v) is 3.68. The number of nitro benzene ring substituents is 1. The number of ether oxygens (including phenoxy) is 1. The summed E-state index contributed by atoms with van der Waals surface area (Å²) in [4.78, 5) is 9.80. The van der Waals surface area contributed by atoms with E-state index in [4.69, 9.17) is 10.5 Å². The molecule has 5 nitrogen and oxygen atoms in total. The minimum absolute atomic E-state index is 0.0143. The fourth-order valence-electron chi connectivity index (χ4n) is 2.50. The van der Waals surface area contributed by atoms with Crippen LogP contribution in [0.4, 0.5) is 10.1 Å². The molecule has 110 valence electrons. The zero-order valence-electron chi connectivity index (χ0n) is 11.3. The Labute approximate surface area is 117 Å². The van der Waals surface area contributed by atoms with Crippen LogP contribution in [-0.2, 0) is 11.3 Å². The molecule has 1 aromatic rings. The lowest BCUT2D eigenvalue weighted by Gasteiger charge is -2.21. The van der Waals surface area contributed by atoms with E-state index >= 15 is 0 Å². The Hall–Kier alpha value is -1.53. The molecule has 0 radical (unpaired) electrons. The van der Waals surface area contributed by atoms with E-state index in [1.807, 2.05) is 0 Å². The Bertz CT molecular complexity index is 481. The highest BCUT2D eigenvalue weighted by atomic mass is 19.1. The highest BCUT2D eigenvalue weighted by Crippen LogP contribution is 2.22. The maximum Gasteiger partial charge on any atom is 0.304 e. The number of hydrogen-bond acceptors (Lipinski definition) is 4. The van der Waals surface area contributed by atoms with E-state index < -0.39 is 16.4 Å². The fourth-order valence-corrected chi connectivity index (χ4v) is 2.50. The van der Waals surface area contributed by atoms with Crippen molar-refractivity contribution in [3.63, 3.8) is 0 Å². The molecule has 1 aliphatic rings. The van der Waals surface area contributed by atoms with Crippen molar-refractivity contribution in [1.82, 2.24) is 0 Å². The van der Waals surface area contributed by atoms with E-state index in [0.717, 1.165) is 31.7 Å². The SMILES string of the molecule is NC1CCCCCC1OCc1ccc([N+](=O)[O-])c(F)c1. The van der Waals surface area contributed by atoms with Crippen molar-refractivity contribution >= 4 is 5.69 Å². The number of rotatable bonds is 4. The summed E-state index contributed by atoms with van der Waals surface area (Å²) < 4.78 is 19.2. The molecule has 2 N–H and O–H groups in total. The third-order valence-electron chi connectivity index (χ3n) is 3.68. The van der Waals surface area contributed by atoms with Gasteiger partial charge in [0.1, 0.15) is 0 Å². The lowest BCUT2D eigenvalue weighted by Crippen LogP contribution is -2.35. The smallest absolute Gasteiger partial charge is 0.304 e. The molecule has 6 heteroatoms. The van der Waals surface area contributed by atoms with Gasteiger partial charge in [0.2, 0.25) is 5.82 Å². The largest absolute Gasteiger partial charge is 0.372 e. The predicted octanol–water partition coefficient (Wildman–Crippen LogP) is 2.91. The van der Waals surface area contributed by atoms with E-state index in [1.54, 1.807) is 0 Å². The summed E-state index contributed by atoms with van der Waals surface area (Å²) in [7, 11) is 0. The minimum atomic E-state index is -0.832. The molecular weight excluding hydrogens is 263 g/mol. The Balaban J connectivity index is 1.96. The van der Waals surface area contributed by atoms with Gasteiger partial charge in [-0.15, -0.1) is 0 Å². The zero-order valence-corrected chi connectivity index (χ0v) is 11.3. The number of nitrogens with two attached hydrogens (primary N) is 1. The molecule has 2 atom stereocenters. The standard InChI is InChI=1S/C14H19FN2O3/c15-11-8-10(6-7-13(11)17(18)19)9-20-14-5-3-1-2-4-12(14)16/h6-8,12,14H,1-5,9,16H2.